The number of azide groups is 2. The molecule has 6 unspecified atom stereocenters. The fraction of sp³-hybridized carbons (Fsp3) is 0.542. The molecule has 3 aromatic carbocycles. The highest BCUT2D eigenvalue weighted by atomic mass is 16.8. The fourth-order valence-electron chi connectivity index (χ4n) is 8.42. The summed E-state index contributed by atoms with van der Waals surface area (Å²) in [4.78, 5) is 56.1. The number of ether oxygens (including phenoxy) is 12. The first kappa shape index (κ1) is 53.2. The Morgan fingerprint density at radius 1 is 0.500 bits per heavy atom. The van der Waals surface area contributed by atoms with Gasteiger partial charge in [0.15, 0.2) is 12.6 Å². The first-order valence-corrected chi connectivity index (χ1v) is 22.7. The van der Waals surface area contributed by atoms with Gasteiger partial charge in [-0.25, -0.2) is 0 Å². The molecule has 0 bridgehead atoms. The van der Waals surface area contributed by atoms with E-state index in [0.29, 0.717) is 0 Å². The molecule has 0 aromatic heterocycles. The lowest BCUT2D eigenvalue weighted by Crippen LogP contribution is -2.65. The smallest absolute Gasteiger partial charge is 0.305 e. The molecule has 70 heavy (non-hydrogen) atoms. The van der Waals surface area contributed by atoms with E-state index in [4.69, 9.17) is 56.8 Å². The van der Waals surface area contributed by atoms with Gasteiger partial charge in [-0.15, -0.1) is 0 Å². The van der Waals surface area contributed by atoms with E-state index in [-0.39, 0.29) is 33.0 Å². The molecule has 0 amide bonds. The normalized spacial score (nSPS) is 30.6. The third-order valence-corrected chi connectivity index (χ3v) is 11.6. The van der Waals surface area contributed by atoms with E-state index >= 15 is 0 Å². The molecule has 3 saturated heterocycles. The van der Waals surface area contributed by atoms with Crippen molar-refractivity contribution >= 4 is 23.9 Å². The Hall–Kier alpha value is -6.16. The van der Waals surface area contributed by atoms with Gasteiger partial charge in [0.25, 0.3) is 0 Å². The van der Waals surface area contributed by atoms with Crippen molar-refractivity contribution in [3.8, 4) is 0 Å². The number of benzene rings is 3. The number of esters is 4. The zero-order valence-electron chi connectivity index (χ0n) is 39.6. The summed E-state index contributed by atoms with van der Waals surface area (Å²) in [5, 5.41) is 8.01. The lowest BCUT2D eigenvalue weighted by Gasteiger charge is -2.50. The molecular formula is C48H58N6O16. The summed E-state index contributed by atoms with van der Waals surface area (Å²) < 4.78 is 74.9. The number of nitrogens with zero attached hydrogens (tertiary/aromatic N) is 6. The molecule has 0 saturated carbocycles. The van der Waals surface area contributed by atoms with Gasteiger partial charge in [0.2, 0.25) is 6.29 Å². The average molecular weight is 975 g/mol. The fourth-order valence-corrected chi connectivity index (χ4v) is 8.42. The van der Waals surface area contributed by atoms with Gasteiger partial charge in [-0.05, 0) is 34.7 Å². The number of rotatable bonds is 21. The van der Waals surface area contributed by atoms with Gasteiger partial charge in [-0.3, -0.25) is 19.2 Å². The largest absolute Gasteiger partial charge is 0.463 e. The van der Waals surface area contributed by atoms with Crippen molar-refractivity contribution in [1.82, 2.24) is 0 Å². The summed E-state index contributed by atoms with van der Waals surface area (Å²) in [6, 6.07) is 25.3. The topological polar surface area (TPSA) is 277 Å². The van der Waals surface area contributed by atoms with Gasteiger partial charge in [0.05, 0.1) is 32.0 Å². The van der Waals surface area contributed by atoms with Crippen LogP contribution in [0.3, 0.4) is 0 Å². The molecule has 0 radical (unpaired) electrons. The highest BCUT2D eigenvalue weighted by Crippen LogP contribution is 2.39. The van der Waals surface area contributed by atoms with Crippen molar-refractivity contribution in [2.24, 2.45) is 16.1 Å². The van der Waals surface area contributed by atoms with E-state index in [0.717, 1.165) is 23.6 Å². The average Bonchev–Trinajstić information content (AvgIpc) is 3.33. The van der Waals surface area contributed by atoms with Crippen molar-refractivity contribution < 1.29 is 76.0 Å². The maximum absolute atomic E-state index is 13.0. The summed E-state index contributed by atoms with van der Waals surface area (Å²) in [5.74, 6) is -3.67. The van der Waals surface area contributed by atoms with E-state index < -0.39 is 116 Å². The second-order valence-electron chi connectivity index (χ2n) is 16.8. The minimum Gasteiger partial charge on any atom is -0.463 e. The molecule has 3 aliphatic heterocycles. The molecule has 3 aromatic rings. The van der Waals surface area contributed by atoms with E-state index in [9.17, 15) is 30.2 Å². The lowest BCUT2D eigenvalue weighted by molar-refractivity contribution is -0.385. The molecule has 0 spiro atoms. The van der Waals surface area contributed by atoms with E-state index in [2.05, 4.69) is 20.1 Å². The summed E-state index contributed by atoms with van der Waals surface area (Å²) in [5.41, 5.74) is 22.0. The summed E-state index contributed by atoms with van der Waals surface area (Å²) in [7, 11) is 0. The van der Waals surface area contributed by atoms with Gasteiger partial charge < -0.3 is 56.8 Å². The van der Waals surface area contributed by atoms with Crippen LogP contribution in [-0.4, -0.2) is 123 Å². The van der Waals surface area contributed by atoms with E-state index in [1.54, 1.807) is 13.8 Å². The van der Waals surface area contributed by atoms with Gasteiger partial charge in [-0.1, -0.05) is 108 Å². The van der Waals surface area contributed by atoms with Crippen LogP contribution in [0.1, 0.15) is 58.2 Å². The van der Waals surface area contributed by atoms with Crippen molar-refractivity contribution in [2.45, 2.75) is 147 Å². The van der Waals surface area contributed by atoms with Crippen LogP contribution in [0, 0.1) is 5.92 Å². The minimum absolute atomic E-state index is 0.0119. The van der Waals surface area contributed by atoms with Crippen LogP contribution < -0.4 is 0 Å². The van der Waals surface area contributed by atoms with Crippen LogP contribution in [0.4, 0.5) is 0 Å². The first-order valence-electron chi connectivity index (χ1n) is 22.7. The first-order chi connectivity index (χ1) is 33.8. The molecule has 3 heterocycles. The second kappa shape index (κ2) is 26.2. The number of hydrogen-bond donors (Lipinski definition) is 0. The zero-order chi connectivity index (χ0) is 50.2. The monoisotopic (exact) mass is 974 g/mol. The Morgan fingerprint density at radius 2 is 0.957 bits per heavy atom. The van der Waals surface area contributed by atoms with Crippen LogP contribution in [0.25, 0.3) is 20.9 Å². The Balaban J connectivity index is 1.40. The van der Waals surface area contributed by atoms with Gasteiger partial charge >= 0.3 is 23.9 Å². The molecule has 22 heteroatoms. The van der Waals surface area contributed by atoms with E-state index in [1.165, 1.54) is 20.8 Å². The van der Waals surface area contributed by atoms with Crippen LogP contribution in [0.2, 0.25) is 0 Å². The van der Waals surface area contributed by atoms with Crippen LogP contribution in [0.15, 0.2) is 101 Å². The Morgan fingerprint density at radius 3 is 1.44 bits per heavy atom. The van der Waals surface area contributed by atoms with Crippen molar-refractivity contribution in [3.63, 3.8) is 0 Å². The highest BCUT2D eigenvalue weighted by molar-refractivity contribution is 5.67. The van der Waals surface area contributed by atoms with Crippen LogP contribution >= 0.6 is 0 Å². The molecule has 376 valence electrons. The third-order valence-electron chi connectivity index (χ3n) is 11.6. The molecular weight excluding hydrogens is 917 g/mol. The number of carbonyl (C=O) groups is 4. The Labute approximate surface area is 404 Å². The number of hydrogen-bond acceptors (Lipinski definition) is 18. The predicted molar refractivity (Wildman–Crippen MR) is 242 cm³/mol. The van der Waals surface area contributed by atoms with E-state index in [1.807, 2.05) is 91.0 Å². The number of carbonyl (C=O) groups excluding carboxylic acids is 4. The van der Waals surface area contributed by atoms with Gasteiger partial charge in [0.1, 0.15) is 68.0 Å². The molecule has 3 fully saturated rings. The molecule has 15 atom stereocenters. The molecule has 0 N–H and O–H groups in total. The molecule has 22 nitrogen and oxygen atoms in total. The molecule has 3 aliphatic rings. The maximum Gasteiger partial charge on any atom is 0.305 e. The quantitative estimate of drug-likeness (QED) is 0.0371. The predicted octanol–water partition coefficient (Wildman–Crippen LogP) is 6.32. The zero-order valence-corrected chi connectivity index (χ0v) is 39.6. The summed E-state index contributed by atoms with van der Waals surface area (Å²) in [6.45, 7) is 7.45. The lowest BCUT2D eigenvalue weighted by atomic mass is 9.91. The summed E-state index contributed by atoms with van der Waals surface area (Å²) >= 11 is 0. The third kappa shape index (κ3) is 14.7. The highest BCUT2D eigenvalue weighted by Gasteiger charge is 2.56. The standard InChI is InChI=1S/C48H58N6O16/c1-27-40(61-22-33-16-10-7-11-17-33)45(48(66-32(6)58)70-46(27)68-42-37(26-60-30(4)56)64-28(2)38(51-53-49)44(42)65-31(5)57)69-47-39(52-54-50)43(63-24-35-20-14-9-15-21-35)41(36(67-47)25-59-29(3)55)62-23-34-18-12-8-13-19-34/h7-21,27-28,36-48H,22-26H2,1-6H3/t27-,28-,36?,37?,38+,39-,40?,41+,42+,43?,44?,45-,46+,47-,48?/m0/s1. The summed E-state index contributed by atoms with van der Waals surface area (Å²) in [6.07, 6.45) is -14.9. The van der Waals surface area contributed by atoms with Crippen LogP contribution in [-0.2, 0) is 95.8 Å². The van der Waals surface area contributed by atoms with Crippen molar-refractivity contribution in [3.05, 3.63) is 129 Å². The van der Waals surface area contributed by atoms with Crippen molar-refractivity contribution in [1.29, 1.82) is 0 Å². The Kier molecular flexibility index (Phi) is 19.9. The van der Waals surface area contributed by atoms with Gasteiger partial charge in [0, 0.05) is 43.4 Å². The van der Waals surface area contributed by atoms with Gasteiger partial charge in [-0.2, -0.15) is 0 Å². The van der Waals surface area contributed by atoms with Crippen molar-refractivity contribution in [2.75, 3.05) is 13.2 Å². The molecule has 0 aliphatic carbocycles. The molecule has 6 rings (SSSR count). The Bertz CT molecular complexity index is 2270. The van der Waals surface area contributed by atoms with Crippen LogP contribution in [0.5, 0.6) is 0 Å². The second-order valence-corrected chi connectivity index (χ2v) is 16.8. The minimum atomic E-state index is -1.66. The maximum atomic E-state index is 13.0. The SMILES string of the molecule is CC(=O)OCC1O[C@@H](O[C@@H]2C(OC(C)=O)O[C@@H](O[C@@H]3C(COC(C)=O)O[C@@H](C)[C@@H](N=[N+]=[N-])C3OC(C)=O)[C@@H](C)C2OCc2ccccc2)[C@@H](N=[N+]=[N-])C(OCc2ccccc2)[C@@H]1OCc1ccccc1.